The summed E-state index contributed by atoms with van der Waals surface area (Å²) < 4.78 is 5.50. The molecule has 8 heteroatoms. The zero-order chi connectivity index (χ0) is 30.3. The first kappa shape index (κ1) is 32.0. The predicted octanol–water partition coefficient (Wildman–Crippen LogP) is 5.87. The lowest BCUT2D eigenvalue weighted by Gasteiger charge is -2.38. The Bertz CT molecular complexity index is 1200. The molecule has 0 spiro atoms. The first-order chi connectivity index (χ1) is 19.3. The van der Waals surface area contributed by atoms with Crippen molar-refractivity contribution in [3.05, 3.63) is 64.7 Å². The van der Waals surface area contributed by atoms with Crippen LogP contribution in [0.3, 0.4) is 0 Å². The molecule has 3 rings (SSSR count). The lowest BCUT2D eigenvalue weighted by Crippen LogP contribution is -2.56. The van der Waals surface area contributed by atoms with Gasteiger partial charge in [0.05, 0.1) is 0 Å². The van der Waals surface area contributed by atoms with Crippen molar-refractivity contribution in [3.63, 3.8) is 0 Å². The number of benzene rings is 2. The number of carbonyl (C=O) groups excluding carboxylic acids is 3. The smallest absolute Gasteiger partial charge is 0.408 e. The summed E-state index contributed by atoms with van der Waals surface area (Å²) in [5, 5.41) is 15.8. The Kier molecular flexibility index (Phi) is 10.8. The van der Waals surface area contributed by atoms with Gasteiger partial charge in [0.25, 0.3) is 0 Å². The quantitative estimate of drug-likeness (QED) is 0.352. The summed E-state index contributed by atoms with van der Waals surface area (Å²) in [6.45, 7) is 13.0. The number of aromatic hydroxyl groups is 1. The highest BCUT2D eigenvalue weighted by atomic mass is 16.6. The van der Waals surface area contributed by atoms with Crippen LogP contribution in [0.25, 0.3) is 0 Å². The molecule has 224 valence electrons. The van der Waals surface area contributed by atoms with Gasteiger partial charge in [-0.1, -0.05) is 49.6 Å². The summed E-state index contributed by atoms with van der Waals surface area (Å²) in [4.78, 5) is 43.1. The molecule has 0 aliphatic heterocycles. The van der Waals surface area contributed by atoms with E-state index in [1.54, 1.807) is 49.9 Å². The van der Waals surface area contributed by atoms with Crippen LogP contribution in [0, 0.1) is 13.8 Å². The Hall–Kier alpha value is -3.55. The maximum Gasteiger partial charge on any atom is 0.408 e. The normalized spacial score (nSPS) is 15.6. The van der Waals surface area contributed by atoms with Gasteiger partial charge in [-0.2, -0.15) is 0 Å². The molecule has 0 radical (unpaired) electrons. The van der Waals surface area contributed by atoms with E-state index in [0.717, 1.165) is 47.9 Å². The first-order valence-electron chi connectivity index (χ1n) is 14.7. The number of hydrogen-bond donors (Lipinski definition) is 3. The van der Waals surface area contributed by atoms with Gasteiger partial charge in [0.15, 0.2) is 0 Å². The molecule has 0 bridgehead atoms. The zero-order valence-electron chi connectivity index (χ0n) is 25.6. The summed E-state index contributed by atoms with van der Waals surface area (Å²) in [5.74, 6) is -0.494. The Morgan fingerprint density at radius 2 is 1.63 bits per heavy atom. The molecule has 0 saturated heterocycles. The first-order valence-corrected chi connectivity index (χ1v) is 14.7. The highest BCUT2D eigenvalue weighted by Gasteiger charge is 2.39. The average molecular weight is 566 g/mol. The molecule has 1 fully saturated rings. The van der Waals surface area contributed by atoms with E-state index < -0.39 is 23.8 Å². The predicted molar refractivity (Wildman–Crippen MR) is 161 cm³/mol. The zero-order valence-corrected chi connectivity index (χ0v) is 25.6. The molecule has 41 heavy (non-hydrogen) atoms. The monoisotopic (exact) mass is 565 g/mol. The number of phenols is 1. The van der Waals surface area contributed by atoms with Crippen LogP contribution in [0.15, 0.2) is 42.5 Å². The van der Waals surface area contributed by atoms with Crippen LogP contribution in [0.2, 0.25) is 0 Å². The number of aryl methyl sites for hydroxylation is 1. The number of hydrogen-bond acceptors (Lipinski definition) is 5. The topological polar surface area (TPSA) is 108 Å². The minimum absolute atomic E-state index is 0.0701. The SMILES string of the molecule is Cc1cccc(C(C(=O)NC2CCCCC2)N(C(=O)C(Cc2ccc(O)cc2)NC(=O)OC(C)(C)C)C(C)C)c1C. The third-order valence-electron chi connectivity index (χ3n) is 7.60. The van der Waals surface area contributed by atoms with E-state index >= 15 is 0 Å². The van der Waals surface area contributed by atoms with Gasteiger partial charge in [0, 0.05) is 18.5 Å². The average Bonchev–Trinajstić information content (AvgIpc) is 2.89. The molecular weight excluding hydrogens is 518 g/mol. The van der Waals surface area contributed by atoms with Gasteiger partial charge in [-0.15, -0.1) is 0 Å². The van der Waals surface area contributed by atoms with E-state index in [1.165, 1.54) is 6.42 Å². The molecule has 2 aromatic rings. The second kappa shape index (κ2) is 13.9. The van der Waals surface area contributed by atoms with E-state index in [1.807, 2.05) is 45.9 Å². The maximum absolute atomic E-state index is 14.5. The van der Waals surface area contributed by atoms with Crippen molar-refractivity contribution in [2.75, 3.05) is 0 Å². The third kappa shape index (κ3) is 8.97. The second-order valence-corrected chi connectivity index (χ2v) is 12.4. The third-order valence-corrected chi connectivity index (χ3v) is 7.60. The molecule has 2 unspecified atom stereocenters. The molecule has 0 aromatic heterocycles. The van der Waals surface area contributed by atoms with Gasteiger partial charge >= 0.3 is 6.09 Å². The fraction of sp³-hybridized carbons (Fsp3) is 0.545. The van der Waals surface area contributed by atoms with Crippen molar-refractivity contribution in [2.24, 2.45) is 0 Å². The van der Waals surface area contributed by atoms with Gasteiger partial charge in [-0.25, -0.2) is 4.79 Å². The van der Waals surface area contributed by atoms with Crippen LogP contribution in [-0.2, 0) is 20.7 Å². The lowest BCUT2D eigenvalue weighted by molar-refractivity contribution is -0.145. The molecule has 1 aliphatic carbocycles. The Morgan fingerprint density at radius 3 is 2.22 bits per heavy atom. The summed E-state index contributed by atoms with van der Waals surface area (Å²) in [6, 6.07) is 10.2. The summed E-state index contributed by atoms with van der Waals surface area (Å²) >= 11 is 0. The number of alkyl carbamates (subject to hydrolysis) is 1. The van der Waals surface area contributed by atoms with E-state index in [-0.39, 0.29) is 36.1 Å². The van der Waals surface area contributed by atoms with Gasteiger partial charge in [0.1, 0.15) is 23.4 Å². The van der Waals surface area contributed by atoms with Crippen LogP contribution in [0.4, 0.5) is 4.79 Å². The Labute approximate surface area is 244 Å². The highest BCUT2D eigenvalue weighted by molar-refractivity contribution is 5.93. The molecule has 1 saturated carbocycles. The molecule has 2 atom stereocenters. The number of ether oxygens (including phenoxy) is 1. The van der Waals surface area contributed by atoms with Crippen molar-refractivity contribution >= 4 is 17.9 Å². The number of nitrogens with zero attached hydrogens (tertiary/aromatic N) is 1. The summed E-state index contributed by atoms with van der Waals surface area (Å²) in [5.41, 5.74) is 2.73. The van der Waals surface area contributed by atoms with E-state index in [9.17, 15) is 19.5 Å². The lowest BCUT2D eigenvalue weighted by atomic mass is 9.92. The molecule has 3 amide bonds. The van der Waals surface area contributed by atoms with Gasteiger partial charge in [-0.3, -0.25) is 9.59 Å². The number of nitrogens with one attached hydrogen (secondary N) is 2. The fourth-order valence-electron chi connectivity index (χ4n) is 5.39. The van der Waals surface area contributed by atoms with Crippen molar-refractivity contribution in [1.29, 1.82) is 0 Å². The minimum atomic E-state index is -1.01. The van der Waals surface area contributed by atoms with E-state index in [2.05, 4.69) is 10.6 Å². The van der Waals surface area contributed by atoms with Gasteiger partial charge in [0.2, 0.25) is 11.8 Å². The van der Waals surface area contributed by atoms with Crippen molar-refractivity contribution in [2.45, 2.75) is 117 Å². The molecule has 2 aromatic carbocycles. The number of carbonyl (C=O) groups is 3. The van der Waals surface area contributed by atoms with Crippen molar-refractivity contribution in [1.82, 2.24) is 15.5 Å². The van der Waals surface area contributed by atoms with Gasteiger partial charge < -0.3 is 25.4 Å². The Morgan fingerprint density at radius 1 is 1.00 bits per heavy atom. The molecular formula is C33H47N3O5. The fourth-order valence-corrected chi connectivity index (χ4v) is 5.39. The Balaban J connectivity index is 2.04. The molecule has 1 aliphatic rings. The van der Waals surface area contributed by atoms with Crippen LogP contribution in [0.1, 0.15) is 95.0 Å². The standard InChI is InChI=1S/C33H47N3O5/c1-21(2)36(29(27-15-11-12-22(3)23(27)4)30(38)34-25-13-9-8-10-14-25)31(39)28(35-32(40)41-33(5,6)7)20-24-16-18-26(37)19-17-24/h11-12,15-19,21,25,28-29,37H,8-10,13-14,20H2,1-7H3,(H,34,38)(H,35,40). The minimum Gasteiger partial charge on any atom is -0.508 e. The maximum atomic E-state index is 14.5. The summed E-state index contributed by atoms with van der Waals surface area (Å²) in [6.07, 6.45) is 4.59. The number of phenolic OH excluding ortho intramolecular Hbond substituents is 1. The second-order valence-electron chi connectivity index (χ2n) is 12.4. The van der Waals surface area contributed by atoms with Crippen LogP contribution in [-0.4, -0.2) is 51.6 Å². The van der Waals surface area contributed by atoms with Gasteiger partial charge in [-0.05, 0) is 95.7 Å². The van der Waals surface area contributed by atoms with E-state index in [0.29, 0.717) is 0 Å². The van der Waals surface area contributed by atoms with Crippen molar-refractivity contribution < 1.29 is 24.2 Å². The van der Waals surface area contributed by atoms with E-state index in [4.69, 9.17) is 4.74 Å². The van der Waals surface area contributed by atoms with Crippen LogP contribution < -0.4 is 10.6 Å². The number of rotatable bonds is 9. The van der Waals surface area contributed by atoms with Crippen LogP contribution in [0.5, 0.6) is 5.75 Å². The molecule has 0 heterocycles. The highest BCUT2D eigenvalue weighted by Crippen LogP contribution is 2.30. The number of amides is 3. The van der Waals surface area contributed by atoms with Crippen molar-refractivity contribution in [3.8, 4) is 5.75 Å². The molecule has 3 N–H and O–H groups in total. The summed E-state index contributed by atoms with van der Waals surface area (Å²) in [7, 11) is 0. The largest absolute Gasteiger partial charge is 0.508 e. The molecule has 8 nitrogen and oxygen atoms in total. The van der Waals surface area contributed by atoms with Crippen LogP contribution >= 0.6 is 0 Å².